The minimum absolute atomic E-state index is 0.0795. The van der Waals surface area contributed by atoms with Crippen molar-refractivity contribution in [3.8, 4) is 0 Å². The van der Waals surface area contributed by atoms with Gasteiger partial charge in [0.15, 0.2) is 5.82 Å². The molecule has 1 saturated heterocycles. The van der Waals surface area contributed by atoms with Crippen LogP contribution in [0.15, 0.2) is 11.1 Å². The Morgan fingerprint density at radius 2 is 2.47 bits per heavy atom. The van der Waals surface area contributed by atoms with Gasteiger partial charge in [0.25, 0.3) is 5.56 Å². The maximum atomic E-state index is 11.4. The van der Waals surface area contributed by atoms with Crippen molar-refractivity contribution in [1.29, 1.82) is 0 Å². The zero-order valence-corrected chi connectivity index (χ0v) is 11.7. The average Bonchev–Trinajstić information content (AvgIpc) is 2.31. The molecule has 0 radical (unpaired) electrons. The molecule has 17 heavy (non-hydrogen) atoms. The zero-order valence-electron chi connectivity index (χ0n) is 9.32. The molecule has 2 rings (SSSR count). The Labute approximate surface area is 112 Å². The van der Waals surface area contributed by atoms with Crippen molar-refractivity contribution in [2.45, 2.75) is 19.1 Å². The van der Waals surface area contributed by atoms with Gasteiger partial charge in [-0.25, -0.2) is 4.98 Å². The summed E-state index contributed by atoms with van der Waals surface area (Å²) >= 11 is 9.36. The highest BCUT2D eigenvalue weighted by Crippen LogP contribution is 2.23. The number of morpholine rings is 1. The summed E-state index contributed by atoms with van der Waals surface area (Å²) in [6, 6.07) is 0. The predicted octanol–water partition coefficient (Wildman–Crippen LogP) is 1.41. The highest BCUT2D eigenvalue weighted by atomic mass is 79.9. The molecule has 0 saturated carbocycles. The summed E-state index contributed by atoms with van der Waals surface area (Å²) in [5.74, 6) is 0.525. The van der Waals surface area contributed by atoms with Crippen LogP contribution in [0.5, 0.6) is 0 Å². The van der Waals surface area contributed by atoms with Crippen LogP contribution >= 0.6 is 27.5 Å². The van der Waals surface area contributed by atoms with E-state index in [0.717, 1.165) is 5.33 Å². The number of rotatable bonds is 2. The van der Waals surface area contributed by atoms with Gasteiger partial charge in [0, 0.05) is 18.4 Å². The van der Waals surface area contributed by atoms with Crippen LogP contribution in [0.25, 0.3) is 0 Å². The predicted molar refractivity (Wildman–Crippen MR) is 70.2 cm³/mol. The van der Waals surface area contributed by atoms with Gasteiger partial charge in [-0.3, -0.25) is 4.79 Å². The van der Waals surface area contributed by atoms with Crippen LogP contribution in [-0.4, -0.2) is 40.6 Å². The molecule has 0 amide bonds. The molecule has 1 N–H and O–H groups in total. The largest absolute Gasteiger partial charge is 0.371 e. The van der Waals surface area contributed by atoms with Gasteiger partial charge in [-0.15, -0.1) is 0 Å². The van der Waals surface area contributed by atoms with Crippen molar-refractivity contribution in [2.75, 3.05) is 23.3 Å². The number of anilines is 1. The fraction of sp³-hybridized carbons (Fsp3) is 0.600. The molecule has 0 bridgehead atoms. The van der Waals surface area contributed by atoms with Crippen molar-refractivity contribution in [1.82, 2.24) is 9.97 Å². The van der Waals surface area contributed by atoms with E-state index in [1.165, 1.54) is 6.33 Å². The van der Waals surface area contributed by atoms with Crippen molar-refractivity contribution in [3.63, 3.8) is 0 Å². The fourth-order valence-electron chi connectivity index (χ4n) is 1.90. The third-order valence-corrected chi connectivity index (χ3v) is 3.64. The molecule has 1 aromatic rings. The van der Waals surface area contributed by atoms with Crippen LogP contribution < -0.4 is 10.5 Å². The van der Waals surface area contributed by atoms with E-state index in [0.29, 0.717) is 18.9 Å². The Hall–Kier alpha value is -0.590. The number of hydrogen-bond donors (Lipinski definition) is 1. The van der Waals surface area contributed by atoms with Crippen LogP contribution in [0.3, 0.4) is 0 Å². The Kier molecular flexibility index (Phi) is 4.06. The molecule has 2 atom stereocenters. The highest BCUT2D eigenvalue weighted by molar-refractivity contribution is 9.09. The Morgan fingerprint density at radius 3 is 3.18 bits per heavy atom. The van der Waals surface area contributed by atoms with Crippen molar-refractivity contribution in [3.05, 3.63) is 21.7 Å². The second kappa shape index (κ2) is 5.37. The molecule has 2 heterocycles. The van der Waals surface area contributed by atoms with Gasteiger partial charge >= 0.3 is 0 Å². The van der Waals surface area contributed by atoms with E-state index in [2.05, 4.69) is 25.9 Å². The van der Waals surface area contributed by atoms with E-state index in [4.69, 9.17) is 16.3 Å². The molecule has 0 spiro atoms. The van der Waals surface area contributed by atoms with Gasteiger partial charge in [0.1, 0.15) is 5.02 Å². The molecular weight excluding hydrogens is 309 g/mol. The van der Waals surface area contributed by atoms with Gasteiger partial charge in [0.05, 0.1) is 18.5 Å². The average molecular weight is 323 g/mol. The molecule has 7 heteroatoms. The van der Waals surface area contributed by atoms with Crippen LogP contribution in [0.2, 0.25) is 5.02 Å². The van der Waals surface area contributed by atoms with E-state index >= 15 is 0 Å². The van der Waals surface area contributed by atoms with E-state index in [1.807, 2.05) is 11.8 Å². The fourth-order valence-corrected chi connectivity index (χ4v) is 2.48. The van der Waals surface area contributed by atoms with Crippen LogP contribution in [0.4, 0.5) is 5.82 Å². The topological polar surface area (TPSA) is 58.2 Å². The molecule has 1 aliphatic heterocycles. The van der Waals surface area contributed by atoms with Gasteiger partial charge in [-0.1, -0.05) is 27.5 Å². The number of aromatic nitrogens is 2. The summed E-state index contributed by atoms with van der Waals surface area (Å²) in [4.78, 5) is 20.0. The smallest absolute Gasteiger partial charge is 0.271 e. The SMILES string of the molecule is CC1CN(c2nc[nH]c(=O)c2Cl)CC(CBr)O1. The molecule has 2 unspecified atom stereocenters. The molecule has 1 aromatic heterocycles. The number of halogens is 2. The lowest BCUT2D eigenvalue weighted by Crippen LogP contribution is -2.48. The first kappa shape index (κ1) is 12.9. The van der Waals surface area contributed by atoms with E-state index in [9.17, 15) is 4.79 Å². The standard InChI is InChI=1S/C10H13BrClN3O2/c1-6-3-15(4-7(2-11)17-6)9-8(12)10(16)14-5-13-9/h5-7H,2-4H2,1H3,(H,13,14,16). The Morgan fingerprint density at radius 1 is 1.71 bits per heavy atom. The second-order valence-electron chi connectivity index (χ2n) is 4.00. The molecule has 0 aromatic carbocycles. The molecular formula is C10H13BrClN3O2. The maximum absolute atomic E-state index is 11.4. The summed E-state index contributed by atoms with van der Waals surface area (Å²) in [5, 5.41) is 0.879. The Bertz CT molecular complexity index is 453. The lowest BCUT2D eigenvalue weighted by molar-refractivity contribution is -0.00223. The van der Waals surface area contributed by atoms with Crippen molar-refractivity contribution in [2.24, 2.45) is 0 Å². The number of nitrogens with zero attached hydrogens (tertiary/aromatic N) is 2. The summed E-state index contributed by atoms with van der Waals surface area (Å²) in [6.07, 6.45) is 1.53. The van der Waals surface area contributed by atoms with Crippen LogP contribution in [-0.2, 0) is 4.74 Å². The van der Waals surface area contributed by atoms with Gasteiger partial charge in [0.2, 0.25) is 0 Å². The lowest BCUT2D eigenvalue weighted by atomic mass is 10.2. The first-order valence-electron chi connectivity index (χ1n) is 5.31. The summed E-state index contributed by atoms with van der Waals surface area (Å²) in [6.45, 7) is 3.34. The number of aromatic amines is 1. The number of hydrogen-bond acceptors (Lipinski definition) is 4. The third kappa shape index (κ3) is 2.81. The minimum Gasteiger partial charge on any atom is -0.371 e. The molecule has 1 aliphatic rings. The van der Waals surface area contributed by atoms with Crippen LogP contribution in [0.1, 0.15) is 6.92 Å². The molecule has 1 fully saturated rings. The van der Waals surface area contributed by atoms with Gasteiger partial charge < -0.3 is 14.6 Å². The number of alkyl halides is 1. The highest BCUT2D eigenvalue weighted by Gasteiger charge is 2.27. The summed E-state index contributed by atoms with van der Waals surface area (Å²) < 4.78 is 5.71. The van der Waals surface area contributed by atoms with E-state index in [1.54, 1.807) is 0 Å². The Balaban J connectivity index is 2.27. The monoisotopic (exact) mass is 321 g/mol. The lowest BCUT2D eigenvalue weighted by Gasteiger charge is -2.36. The van der Waals surface area contributed by atoms with Crippen molar-refractivity contribution < 1.29 is 4.74 Å². The zero-order chi connectivity index (χ0) is 12.4. The number of nitrogens with one attached hydrogen (secondary N) is 1. The normalized spacial score (nSPS) is 25.0. The molecule has 0 aliphatic carbocycles. The van der Waals surface area contributed by atoms with Crippen LogP contribution in [0, 0.1) is 0 Å². The maximum Gasteiger partial charge on any atom is 0.271 e. The quantitative estimate of drug-likeness (QED) is 0.837. The first-order valence-corrected chi connectivity index (χ1v) is 6.81. The summed E-state index contributed by atoms with van der Waals surface area (Å²) in [5.41, 5.74) is -0.314. The van der Waals surface area contributed by atoms with Gasteiger partial charge in [-0.05, 0) is 6.92 Å². The van der Waals surface area contributed by atoms with Crippen molar-refractivity contribution >= 4 is 33.3 Å². The first-order chi connectivity index (χ1) is 8.11. The van der Waals surface area contributed by atoms with Gasteiger partial charge in [-0.2, -0.15) is 0 Å². The molecule has 94 valence electrons. The number of ether oxygens (including phenoxy) is 1. The third-order valence-electron chi connectivity index (χ3n) is 2.58. The second-order valence-corrected chi connectivity index (χ2v) is 5.02. The van der Waals surface area contributed by atoms with E-state index in [-0.39, 0.29) is 22.8 Å². The molecule has 5 nitrogen and oxygen atoms in total. The van der Waals surface area contributed by atoms with E-state index < -0.39 is 0 Å². The minimum atomic E-state index is -0.314. The summed E-state index contributed by atoms with van der Waals surface area (Å²) in [7, 11) is 0. The number of H-pyrrole nitrogens is 1.